The molecule has 0 aliphatic heterocycles. The van der Waals surface area contributed by atoms with Crippen LogP contribution < -0.4 is 0 Å². The van der Waals surface area contributed by atoms with E-state index in [4.69, 9.17) is 0 Å². The molecular formula is C13H11Br2NOS2. The Kier molecular flexibility index (Phi) is 5.11. The number of carbonyl (C=O) groups is 1. The molecule has 2 nitrogen and oxygen atoms in total. The lowest BCUT2D eigenvalue weighted by atomic mass is 10.2. The van der Waals surface area contributed by atoms with Crippen LogP contribution in [0.25, 0.3) is 0 Å². The fraction of sp³-hybridized carbons (Fsp3) is 0.154. The summed E-state index contributed by atoms with van der Waals surface area (Å²) in [6.07, 6.45) is 0. The Hall–Kier alpha value is -0.300. The fourth-order valence-electron chi connectivity index (χ4n) is 1.63. The van der Waals surface area contributed by atoms with Gasteiger partial charge in [-0.2, -0.15) is 0 Å². The minimum Gasteiger partial charge on any atom is -0.337 e. The highest BCUT2D eigenvalue weighted by Crippen LogP contribution is 2.24. The Morgan fingerprint density at radius 3 is 2.74 bits per heavy atom. The van der Waals surface area contributed by atoms with Gasteiger partial charge in [0.2, 0.25) is 0 Å². The van der Waals surface area contributed by atoms with Crippen molar-refractivity contribution in [2.45, 2.75) is 11.4 Å². The van der Waals surface area contributed by atoms with Crippen LogP contribution >= 0.6 is 55.8 Å². The second-order valence-electron chi connectivity index (χ2n) is 4.06. The molecule has 0 radical (unpaired) electrons. The maximum Gasteiger partial charge on any atom is 0.255 e. The first-order chi connectivity index (χ1) is 8.97. The van der Waals surface area contributed by atoms with Crippen LogP contribution in [0.3, 0.4) is 0 Å². The van der Waals surface area contributed by atoms with Gasteiger partial charge in [-0.15, -0.1) is 24.0 Å². The summed E-state index contributed by atoms with van der Waals surface area (Å²) in [4.78, 5) is 16.0. The van der Waals surface area contributed by atoms with Gasteiger partial charge in [0.1, 0.15) is 0 Å². The van der Waals surface area contributed by atoms with Gasteiger partial charge in [0.15, 0.2) is 0 Å². The number of benzene rings is 1. The van der Waals surface area contributed by atoms with Gasteiger partial charge in [0.05, 0.1) is 12.1 Å². The molecule has 6 heteroatoms. The van der Waals surface area contributed by atoms with Crippen LogP contribution in [0.15, 0.2) is 43.5 Å². The number of amides is 1. The van der Waals surface area contributed by atoms with E-state index in [0.29, 0.717) is 12.1 Å². The Morgan fingerprint density at radius 1 is 1.37 bits per heavy atom. The van der Waals surface area contributed by atoms with Crippen molar-refractivity contribution < 1.29 is 4.79 Å². The number of thiophene rings is 1. The average molecular weight is 421 g/mol. The van der Waals surface area contributed by atoms with E-state index in [1.54, 1.807) is 29.4 Å². The Morgan fingerprint density at radius 2 is 2.11 bits per heavy atom. The Balaban J connectivity index is 2.16. The molecule has 1 aromatic carbocycles. The number of thiol groups is 1. The van der Waals surface area contributed by atoms with E-state index in [2.05, 4.69) is 44.5 Å². The Labute approximate surface area is 138 Å². The highest BCUT2D eigenvalue weighted by molar-refractivity contribution is 9.10. The van der Waals surface area contributed by atoms with E-state index in [1.807, 2.05) is 23.6 Å². The topological polar surface area (TPSA) is 20.3 Å². The average Bonchev–Trinajstić information content (AvgIpc) is 2.77. The van der Waals surface area contributed by atoms with Crippen molar-refractivity contribution in [1.29, 1.82) is 0 Å². The molecule has 2 rings (SSSR count). The normalized spacial score (nSPS) is 10.5. The van der Waals surface area contributed by atoms with Gasteiger partial charge in [-0.1, -0.05) is 0 Å². The second kappa shape index (κ2) is 6.43. The minimum absolute atomic E-state index is 0.0210. The lowest BCUT2D eigenvalue weighted by Gasteiger charge is -2.17. The molecule has 1 aromatic heterocycles. The van der Waals surface area contributed by atoms with Gasteiger partial charge in [-0.05, 0) is 56.1 Å². The van der Waals surface area contributed by atoms with Crippen LogP contribution in [0, 0.1) is 0 Å². The molecule has 19 heavy (non-hydrogen) atoms. The van der Waals surface area contributed by atoms with Gasteiger partial charge in [0, 0.05) is 31.1 Å². The molecule has 0 N–H and O–H groups in total. The van der Waals surface area contributed by atoms with Gasteiger partial charge < -0.3 is 4.90 Å². The number of rotatable bonds is 3. The molecule has 0 bridgehead atoms. The van der Waals surface area contributed by atoms with E-state index < -0.39 is 0 Å². The second-order valence-corrected chi connectivity index (χ2v) is 7.34. The third-order valence-electron chi connectivity index (χ3n) is 2.54. The maximum absolute atomic E-state index is 12.4. The summed E-state index contributed by atoms with van der Waals surface area (Å²) in [5.74, 6) is -0.0210. The van der Waals surface area contributed by atoms with E-state index in [1.165, 1.54) is 0 Å². The molecule has 2 aromatic rings. The quantitative estimate of drug-likeness (QED) is 0.704. The number of carbonyl (C=O) groups excluding carboxylic acids is 1. The molecule has 0 saturated carbocycles. The van der Waals surface area contributed by atoms with E-state index in [9.17, 15) is 4.79 Å². The third kappa shape index (κ3) is 3.84. The molecule has 0 spiro atoms. The van der Waals surface area contributed by atoms with Gasteiger partial charge in [0.25, 0.3) is 5.91 Å². The van der Waals surface area contributed by atoms with Gasteiger partial charge in [-0.3, -0.25) is 4.79 Å². The van der Waals surface area contributed by atoms with Crippen molar-refractivity contribution in [2.24, 2.45) is 0 Å². The number of nitrogens with zero attached hydrogens (tertiary/aromatic N) is 1. The highest BCUT2D eigenvalue weighted by atomic mass is 79.9. The predicted octanol–water partition coefficient (Wildman–Crippen LogP) is 4.83. The molecule has 0 unspecified atom stereocenters. The zero-order chi connectivity index (χ0) is 14.0. The van der Waals surface area contributed by atoms with Crippen LogP contribution in [-0.4, -0.2) is 17.9 Å². The summed E-state index contributed by atoms with van der Waals surface area (Å²) in [7, 11) is 1.80. The number of halogens is 2. The van der Waals surface area contributed by atoms with Crippen LogP contribution in [0.4, 0.5) is 0 Å². The van der Waals surface area contributed by atoms with Crippen molar-refractivity contribution in [3.63, 3.8) is 0 Å². The van der Waals surface area contributed by atoms with E-state index in [-0.39, 0.29) is 5.91 Å². The lowest BCUT2D eigenvalue weighted by molar-refractivity contribution is 0.0785. The SMILES string of the molecule is CN(Cc1cc(Br)cs1)C(=O)c1cc(S)ccc1Br. The largest absolute Gasteiger partial charge is 0.337 e. The lowest BCUT2D eigenvalue weighted by Crippen LogP contribution is -2.26. The zero-order valence-electron chi connectivity index (χ0n) is 10.1. The van der Waals surface area contributed by atoms with E-state index in [0.717, 1.165) is 18.7 Å². The molecule has 1 heterocycles. The Bertz CT molecular complexity index is 612. The van der Waals surface area contributed by atoms with Crippen LogP contribution in [0.2, 0.25) is 0 Å². The first-order valence-corrected chi connectivity index (χ1v) is 8.35. The molecule has 0 atom stereocenters. The first-order valence-electron chi connectivity index (χ1n) is 5.44. The van der Waals surface area contributed by atoms with Gasteiger partial charge >= 0.3 is 0 Å². The first kappa shape index (κ1) is 15.1. The smallest absolute Gasteiger partial charge is 0.255 e. The monoisotopic (exact) mass is 419 g/mol. The van der Waals surface area contributed by atoms with Crippen molar-refractivity contribution in [2.75, 3.05) is 7.05 Å². The fourth-order valence-corrected chi connectivity index (χ4v) is 3.75. The standard InChI is InChI=1S/C13H11Br2NOS2/c1-16(6-10-4-8(14)7-19-10)13(17)11-5-9(18)2-3-12(11)15/h2-5,7,18H,6H2,1H3. The molecule has 100 valence electrons. The van der Waals surface area contributed by atoms with Crippen molar-refractivity contribution in [3.05, 3.63) is 49.0 Å². The molecule has 1 amide bonds. The van der Waals surface area contributed by atoms with Gasteiger partial charge in [-0.25, -0.2) is 0 Å². The zero-order valence-corrected chi connectivity index (χ0v) is 14.9. The summed E-state index contributed by atoms with van der Waals surface area (Å²) in [5, 5.41) is 2.01. The minimum atomic E-state index is -0.0210. The van der Waals surface area contributed by atoms with Crippen molar-refractivity contribution in [3.8, 4) is 0 Å². The van der Waals surface area contributed by atoms with Crippen molar-refractivity contribution in [1.82, 2.24) is 4.90 Å². The summed E-state index contributed by atoms with van der Waals surface area (Å²) in [6.45, 7) is 0.596. The molecule has 0 fully saturated rings. The summed E-state index contributed by atoms with van der Waals surface area (Å²) in [6, 6.07) is 7.49. The summed E-state index contributed by atoms with van der Waals surface area (Å²) in [5.41, 5.74) is 0.630. The highest BCUT2D eigenvalue weighted by Gasteiger charge is 2.16. The maximum atomic E-state index is 12.4. The molecular weight excluding hydrogens is 410 g/mol. The van der Waals surface area contributed by atoms with E-state index >= 15 is 0 Å². The molecule has 0 aliphatic carbocycles. The number of hydrogen-bond acceptors (Lipinski definition) is 3. The van der Waals surface area contributed by atoms with Crippen LogP contribution in [0.5, 0.6) is 0 Å². The third-order valence-corrected chi connectivity index (χ3v) is 5.19. The summed E-state index contributed by atoms with van der Waals surface area (Å²) >= 11 is 12.7. The molecule has 0 aliphatic rings. The van der Waals surface area contributed by atoms with Crippen molar-refractivity contribution >= 4 is 61.7 Å². The van der Waals surface area contributed by atoms with Crippen LogP contribution in [0.1, 0.15) is 15.2 Å². The predicted molar refractivity (Wildman–Crippen MR) is 89.2 cm³/mol. The summed E-state index contributed by atoms with van der Waals surface area (Å²) < 4.78 is 1.83. The number of hydrogen-bond donors (Lipinski definition) is 1. The van der Waals surface area contributed by atoms with Crippen LogP contribution in [-0.2, 0) is 6.54 Å². The molecule has 0 saturated heterocycles.